The summed E-state index contributed by atoms with van der Waals surface area (Å²) in [5.74, 6) is 0. The topological polar surface area (TPSA) is 27.0 Å². The number of hydrogen-bond acceptors (Lipinski definition) is 4. The van der Waals surface area contributed by atoms with Crippen molar-refractivity contribution < 1.29 is 0 Å². The minimum absolute atomic E-state index is 0.702. The van der Waals surface area contributed by atoms with E-state index in [-0.39, 0.29) is 0 Å². The molecular formula is C26H20N2S2. The van der Waals surface area contributed by atoms with E-state index in [0.29, 0.717) is 5.57 Å². The molecule has 0 aliphatic rings. The lowest BCUT2D eigenvalue weighted by atomic mass is 10.2. The van der Waals surface area contributed by atoms with Gasteiger partial charge in [-0.15, -0.1) is 22.7 Å². The Bertz CT molecular complexity index is 1170. The van der Waals surface area contributed by atoms with E-state index < -0.39 is 0 Å². The first-order valence-electron chi connectivity index (χ1n) is 9.60. The molecular weight excluding hydrogens is 404 g/mol. The maximum absolute atomic E-state index is 8.84. The van der Waals surface area contributed by atoms with Gasteiger partial charge in [-0.2, -0.15) is 5.26 Å². The number of para-hydroxylation sites is 2. The zero-order valence-corrected chi connectivity index (χ0v) is 18.2. The van der Waals surface area contributed by atoms with E-state index in [4.69, 9.17) is 5.26 Å². The van der Waals surface area contributed by atoms with Crippen LogP contribution in [0.15, 0.2) is 103 Å². The monoisotopic (exact) mass is 424 g/mol. The van der Waals surface area contributed by atoms with Crippen LogP contribution in [0.4, 0.5) is 16.4 Å². The van der Waals surface area contributed by atoms with Crippen molar-refractivity contribution in [1.29, 1.82) is 5.26 Å². The number of thiophene rings is 2. The molecule has 0 fully saturated rings. The van der Waals surface area contributed by atoms with E-state index >= 15 is 0 Å². The average Bonchev–Trinajstić information content (AvgIpc) is 3.45. The Morgan fingerprint density at radius 1 is 0.800 bits per heavy atom. The second-order valence-electron chi connectivity index (χ2n) is 6.67. The van der Waals surface area contributed by atoms with Crippen LogP contribution in [0.25, 0.3) is 15.8 Å². The molecule has 2 aromatic heterocycles. The van der Waals surface area contributed by atoms with E-state index in [1.165, 1.54) is 19.6 Å². The molecule has 0 saturated carbocycles. The normalized spacial score (nSPS) is 11.5. The summed E-state index contributed by atoms with van der Waals surface area (Å²) in [6.07, 6.45) is 5.81. The van der Waals surface area contributed by atoms with Crippen LogP contribution in [-0.2, 0) is 0 Å². The van der Waals surface area contributed by atoms with Gasteiger partial charge < -0.3 is 4.90 Å². The SMILES string of the molecule is C/C(C#N)=C\C=C\c1ccc(-c2ccc(N(c3ccccc3)c3ccccc3)s2)s1. The number of rotatable bonds is 6. The highest BCUT2D eigenvalue weighted by Crippen LogP contribution is 2.43. The smallest absolute Gasteiger partial charge is 0.101 e. The van der Waals surface area contributed by atoms with Crippen molar-refractivity contribution in [1.82, 2.24) is 0 Å². The molecule has 0 bridgehead atoms. The fourth-order valence-corrected chi connectivity index (χ4v) is 5.10. The van der Waals surface area contributed by atoms with E-state index in [1.54, 1.807) is 22.7 Å². The van der Waals surface area contributed by atoms with Crippen LogP contribution < -0.4 is 4.90 Å². The summed E-state index contributed by atoms with van der Waals surface area (Å²) in [6, 6.07) is 31.7. The standard InChI is InChI=1S/C26H20N2S2/c1-20(19-27)9-8-14-23-15-16-24(29-23)25-17-18-26(30-25)28(21-10-4-2-5-11-21)22-12-6-3-7-13-22/h2-18H,1H3/b14-8+,20-9+. The second kappa shape index (κ2) is 9.41. The fraction of sp³-hybridized carbons (Fsp3) is 0.0385. The number of anilines is 3. The summed E-state index contributed by atoms with van der Waals surface area (Å²) in [7, 11) is 0. The minimum Gasteiger partial charge on any atom is -0.302 e. The van der Waals surface area contributed by atoms with Gasteiger partial charge in [0, 0.05) is 31.6 Å². The Morgan fingerprint density at radius 2 is 1.40 bits per heavy atom. The van der Waals surface area contributed by atoms with Gasteiger partial charge in [-0.3, -0.25) is 0 Å². The first-order valence-corrected chi connectivity index (χ1v) is 11.2. The molecule has 0 saturated heterocycles. The zero-order valence-electron chi connectivity index (χ0n) is 16.5. The summed E-state index contributed by atoms with van der Waals surface area (Å²) < 4.78 is 0. The summed E-state index contributed by atoms with van der Waals surface area (Å²) >= 11 is 3.54. The maximum Gasteiger partial charge on any atom is 0.101 e. The van der Waals surface area contributed by atoms with E-state index in [0.717, 1.165) is 11.4 Å². The molecule has 4 rings (SSSR count). The Kier molecular flexibility index (Phi) is 6.24. The molecule has 4 heteroatoms. The summed E-state index contributed by atoms with van der Waals surface area (Å²) in [5, 5.41) is 10.0. The lowest BCUT2D eigenvalue weighted by Crippen LogP contribution is -2.07. The highest BCUT2D eigenvalue weighted by Gasteiger charge is 2.15. The predicted molar refractivity (Wildman–Crippen MR) is 131 cm³/mol. The first-order chi connectivity index (χ1) is 14.7. The molecule has 0 aliphatic carbocycles. The van der Waals surface area contributed by atoms with Crippen LogP contribution in [-0.4, -0.2) is 0 Å². The van der Waals surface area contributed by atoms with Gasteiger partial charge in [-0.25, -0.2) is 0 Å². The third-order valence-corrected chi connectivity index (χ3v) is 6.81. The van der Waals surface area contributed by atoms with Gasteiger partial charge in [0.2, 0.25) is 0 Å². The van der Waals surface area contributed by atoms with Crippen molar-refractivity contribution in [2.24, 2.45) is 0 Å². The van der Waals surface area contributed by atoms with Crippen LogP contribution >= 0.6 is 22.7 Å². The number of hydrogen-bond donors (Lipinski definition) is 0. The average molecular weight is 425 g/mol. The Labute approximate surface area is 185 Å². The fourth-order valence-electron chi connectivity index (χ4n) is 3.04. The summed E-state index contributed by atoms with van der Waals surface area (Å²) in [4.78, 5) is 5.95. The van der Waals surface area contributed by atoms with Gasteiger partial charge in [-0.05, 0) is 67.6 Å². The van der Waals surface area contributed by atoms with Gasteiger partial charge in [-0.1, -0.05) is 42.5 Å². The Balaban J connectivity index is 1.63. The van der Waals surface area contributed by atoms with Crippen molar-refractivity contribution in [3.8, 4) is 15.8 Å². The quantitative estimate of drug-likeness (QED) is 0.229. The molecule has 0 unspecified atom stereocenters. The molecule has 30 heavy (non-hydrogen) atoms. The molecule has 0 radical (unpaired) electrons. The van der Waals surface area contributed by atoms with Crippen molar-refractivity contribution in [2.75, 3.05) is 4.90 Å². The van der Waals surface area contributed by atoms with Crippen LogP contribution in [0.3, 0.4) is 0 Å². The first kappa shape index (κ1) is 19.9. The molecule has 0 atom stereocenters. The van der Waals surface area contributed by atoms with Crippen molar-refractivity contribution in [2.45, 2.75) is 6.92 Å². The van der Waals surface area contributed by atoms with E-state index in [2.05, 4.69) is 83.8 Å². The number of allylic oxidation sites excluding steroid dienone is 3. The van der Waals surface area contributed by atoms with E-state index in [1.807, 2.05) is 37.3 Å². The van der Waals surface area contributed by atoms with Crippen molar-refractivity contribution in [3.05, 3.63) is 108 Å². The highest BCUT2D eigenvalue weighted by molar-refractivity contribution is 7.24. The van der Waals surface area contributed by atoms with Gasteiger partial charge in [0.1, 0.15) is 5.00 Å². The largest absolute Gasteiger partial charge is 0.302 e. The number of nitriles is 1. The summed E-state index contributed by atoms with van der Waals surface area (Å²) in [5.41, 5.74) is 2.99. The van der Waals surface area contributed by atoms with Crippen LogP contribution in [0, 0.1) is 11.3 Å². The number of nitrogens with zero attached hydrogens (tertiary/aromatic N) is 2. The predicted octanol–water partition coefficient (Wildman–Crippen LogP) is 8.43. The third-order valence-electron chi connectivity index (χ3n) is 4.49. The van der Waals surface area contributed by atoms with Crippen LogP contribution in [0.1, 0.15) is 11.8 Å². The minimum atomic E-state index is 0.702. The Hall–Kier alpha value is -3.39. The molecule has 2 aromatic carbocycles. The third kappa shape index (κ3) is 4.60. The molecule has 0 spiro atoms. The van der Waals surface area contributed by atoms with Crippen molar-refractivity contribution in [3.63, 3.8) is 0 Å². The van der Waals surface area contributed by atoms with Gasteiger partial charge in [0.05, 0.1) is 6.07 Å². The van der Waals surface area contributed by atoms with Gasteiger partial charge >= 0.3 is 0 Å². The van der Waals surface area contributed by atoms with E-state index in [9.17, 15) is 0 Å². The van der Waals surface area contributed by atoms with Crippen molar-refractivity contribution >= 4 is 45.1 Å². The molecule has 0 aliphatic heterocycles. The Morgan fingerprint density at radius 3 is 2.03 bits per heavy atom. The van der Waals surface area contributed by atoms with Crippen LogP contribution in [0.2, 0.25) is 0 Å². The summed E-state index contributed by atoms with van der Waals surface area (Å²) in [6.45, 7) is 1.81. The molecule has 2 heterocycles. The molecule has 146 valence electrons. The highest BCUT2D eigenvalue weighted by atomic mass is 32.1. The number of benzene rings is 2. The lowest BCUT2D eigenvalue weighted by molar-refractivity contribution is 1.32. The van der Waals surface area contributed by atoms with Gasteiger partial charge in [0.25, 0.3) is 0 Å². The second-order valence-corrected chi connectivity index (χ2v) is 8.84. The lowest BCUT2D eigenvalue weighted by Gasteiger charge is -2.23. The molecule has 2 nitrogen and oxygen atoms in total. The van der Waals surface area contributed by atoms with Crippen LogP contribution in [0.5, 0.6) is 0 Å². The maximum atomic E-state index is 8.84. The molecule has 4 aromatic rings. The molecule has 0 N–H and O–H groups in total. The zero-order chi connectivity index (χ0) is 20.8. The molecule has 0 amide bonds. The van der Waals surface area contributed by atoms with Gasteiger partial charge in [0.15, 0.2) is 0 Å².